The molecule has 3 aromatic carbocycles. The zero-order valence-corrected chi connectivity index (χ0v) is 41.8. The summed E-state index contributed by atoms with van der Waals surface area (Å²) in [6, 6.07) is 27.1. The maximum absolute atomic E-state index is 15.0. The van der Waals surface area contributed by atoms with E-state index in [4.69, 9.17) is 19.9 Å². The lowest BCUT2D eigenvalue weighted by Crippen LogP contribution is -2.76. The summed E-state index contributed by atoms with van der Waals surface area (Å²) in [7, 11) is 0. The molecule has 0 saturated carbocycles. The first kappa shape index (κ1) is 55.5. The van der Waals surface area contributed by atoms with Crippen molar-refractivity contribution in [3.63, 3.8) is 0 Å². The second kappa shape index (κ2) is 26.7. The van der Waals surface area contributed by atoms with Crippen LogP contribution in [0.5, 0.6) is 17.2 Å². The highest BCUT2D eigenvalue weighted by atomic mass is 16.5. The summed E-state index contributed by atoms with van der Waals surface area (Å²) in [6.07, 6.45) is 4.23. The number of aliphatic hydroxyl groups excluding tert-OH is 3. The standard InChI is InChI=1S/C55H65N7O12/c1-4-43(57-52(69)46-49(40(66)22-25-60(46)28-31-63)72-34-37-16-10-7-11-17-37)55(56,44(5-2)58-53(70)47-50(41(67)23-26-61(47)29-32-64)73-35-38-18-12-8-13-19-38)45(6-3)59-54(71)48-51(42(68)24-27-62(48)30-33-65)74-36-39-20-14-9-15-21-39/h7-27,43-45,63-65H,4-6,28-36,56H2,1-3H3,(H,57,69)(H,58,70)(H,59,71). The van der Waals surface area contributed by atoms with Crippen molar-refractivity contribution < 1.29 is 43.9 Å². The van der Waals surface area contributed by atoms with Gasteiger partial charge in [0.2, 0.25) is 16.3 Å². The number of ether oxygens (including phenoxy) is 3. The maximum atomic E-state index is 15.0. The number of hydrogen-bond acceptors (Lipinski definition) is 13. The van der Waals surface area contributed by atoms with Gasteiger partial charge in [-0.25, -0.2) is 0 Å². The summed E-state index contributed by atoms with van der Waals surface area (Å²) >= 11 is 0. The van der Waals surface area contributed by atoms with Gasteiger partial charge in [0.05, 0.1) is 43.5 Å². The normalized spacial score (nSPS) is 13.2. The summed E-state index contributed by atoms with van der Waals surface area (Å²) in [5.74, 6) is -3.42. The van der Waals surface area contributed by atoms with Crippen molar-refractivity contribution in [1.29, 1.82) is 0 Å². The van der Waals surface area contributed by atoms with Gasteiger partial charge in [-0.15, -0.1) is 0 Å². The summed E-state index contributed by atoms with van der Waals surface area (Å²) in [5, 5.41) is 39.4. The molecule has 3 atom stereocenters. The molecule has 0 saturated heterocycles. The van der Waals surface area contributed by atoms with Gasteiger partial charge in [0.15, 0.2) is 34.3 Å². The highest BCUT2D eigenvalue weighted by Crippen LogP contribution is 2.29. The Bertz CT molecular complexity index is 2680. The Morgan fingerprint density at radius 3 is 0.959 bits per heavy atom. The molecule has 19 heteroatoms. The van der Waals surface area contributed by atoms with Crippen LogP contribution in [0.1, 0.15) is 88.2 Å². The smallest absolute Gasteiger partial charge is 0.272 e. The summed E-state index contributed by atoms with van der Waals surface area (Å²) in [4.78, 5) is 85.8. The Morgan fingerprint density at radius 1 is 0.473 bits per heavy atom. The van der Waals surface area contributed by atoms with Crippen LogP contribution in [-0.4, -0.2) is 90.2 Å². The SMILES string of the molecule is CCC(NC(=O)c1c(OCc2ccccc2)c(=O)ccn1CCO)C(N)(C(CC)NC(=O)c1c(OCc2ccccc2)c(=O)ccn1CCO)C(CC)NC(=O)c1c(OCc2ccccc2)c(=O)ccn1CCO. The minimum absolute atomic E-state index is 0.0518. The molecular formula is C55H65N7O12. The lowest BCUT2D eigenvalue weighted by Gasteiger charge is -2.48. The van der Waals surface area contributed by atoms with Crippen LogP contribution in [0.25, 0.3) is 0 Å². The molecule has 6 rings (SSSR count). The minimum Gasteiger partial charge on any atom is -0.483 e. The van der Waals surface area contributed by atoms with Gasteiger partial charge in [0.25, 0.3) is 17.7 Å². The van der Waals surface area contributed by atoms with Gasteiger partial charge in [-0.1, -0.05) is 112 Å². The first-order chi connectivity index (χ1) is 35.8. The quantitative estimate of drug-likeness (QED) is 0.0390. The average molecular weight is 1020 g/mol. The zero-order chi connectivity index (χ0) is 53.2. The van der Waals surface area contributed by atoms with E-state index in [1.807, 2.05) is 18.2 Å². The molecule has 392 valence electrons. The Morgan fingerprint density at radius 2 is 0.730 bits per heavy atom. The number of nitrogens with zero attached hydrogens (tertiary/aromatic N) is 3. The van der Waals surface area contributed by atoms with Crippen LogP contribution < -0.4 is 52.2 Å². The Labute approximate surface area is 428 Å². The molecule has 3 heterocycles. The molecule has 3 unspecified atom stereocenters. The van der Waals surface area contributed by atoms with Gasteiger partial charge in [-0.2, -0.15) is 0 Å². The van der Waals surface area contributed by atoms with E-state index >= 15 is 14.4 Å². The molecule has 0 spiro atoms. The monoisotopic (exact) mass is 1020 g/mol. The van der Waals surface area contributed by atoms with E-state index in [9.17, 15) is 29.7 Å². The highest BCUT2D eigenvalue weighted by molar-refractivity contribution is 5.97. The van der Waals surface area contributed by atoms with Gasteiger partial charge in [-0.05, 0) is 36.0 Å². The van der Waals surface area contributed by atoms with E-state index < -0.39 is 77.5 Å². The van der Waals surface area contributed by atoms with Crippen molar-refractivity contribution in [2.45, 2.75) is 103 Å². The number of amides is 3. The fourth-order valence-corrected chi connectivity index (χ4v) is 9.01. The van der Waals surface area contributed by atoms with Gasteiger partial charge in [0, 0.05) is 56.4 Å². The molecule has 3 aromatic heterocycles. The number of benzene rings is 3. The molecule has 6 aromatic rings. The molecule has 0 radical (unpaired) electrons. The molecule has 0 aliphatic carbocycles. The van der Waals surface area contributed by atoms with Crippen molar-refractivity contribution in [2.24, 2.45) is 5.73 Å². The second-order valence-electron chi connectivity index (χ2n) is 17.4. The van der Waals surface area contributed by atoms with E-state index in [2.05, 4.69) is 16.0 Å². The van der Waals surface area contributed by atoms with Gasteiger partial charge < -0.3 is 64.9 Å². The van der Waals surface area contributed by atoms with Crippen LogP contribution in [0.4, 0.5) is 0 Å². The van der Waals surface area contributed by atoms with Crippen molar-refractivity contribution in [3.8, 4) is 17.2 Å². The molecule has 0 aliphatic heterocycles. The van der Waals surface area contributed by atoms with Gasteiger partial charge >= 0.3 is 0 Å². The number of rotatable bonds is 27. The number of nitrogens with one attached hydrogen (secondary N) is 3. The zero-order valence-electron chi connectivity index (χ0n) is 41.8. The van der Waals surface area contributed by atoms with Crippen LogP contribution in [0.2, 0.25) is 0 Å². The Hall–Kier alpha value is -7.84. The lowest BCUT2D eigenvalue weighted by atomic mass is 9.73. The molecule has 8 N–H and O–H groups in total. The molecular weight excluding hydrogens is 951 g/mol. The molecule has 19 nitrogen and oxygen atoms in total. The fourth-order valence-electron chi connectivity index (χ4n) is 9.01. The van der Waals surface area contributed by atoms with Crippen molar-refractivity contribution in [3.05, 3.63) is 192 Å². The molecule has 0 bridgehead atoms. The third kappa shape index (κ3) is 13.2. The number of carbonyl (C=O) groups is 3. The molecule has 0 aliphatic rings. The fraction of sp³-hybridized carbons (Fsp3) is 0.345. The number of pyridine rings is 3. The first-order valence-corrected chi connectivity index (χ1v) is 24.6. The van der Waals surface area contributed by atoms with E-state index in [0.29, 0.717) is 16.7 Å². The van der Waals surface area contributed by atoms with Crippen LogP contribution >= 0.6 is 0 Å². The molecule has 0 fully saturated rings. The average Bonchev–Trinajstić information content (AvgIpc) is 3.41. The third-order valence-electron chi connectivity index (χ3n) is 12.7. The Balaban J connectivity index is 1.47. The number of nitrogens with two attached hydrogens (primary N) is 1. The predicted octanol–water partition coefficient (Wildman–Crippen LogP) is 3.51. The summed E-state index contributed by atoms with van der Waals surface area (Å²) < 4.78 is 22.3. The van der Waals surface area contributed by atoms with Gasteiger partial charge in [-0.3, -0.25) is 28.8 Å². The van der Waals surface area contributed by atoms with Crippen LogP contribution in [0.3, 0.4) is 0 Å². The number of aromatic nitrogens is 3. The summed E-state index contributed by atoms with van der Waals surface area (Å²) in [6.45, 7) is 3.36. The summed E-state index contributed by atoms with van der Waals surface area (Å²) in [5.41, 5.74) is 5.46. The molecule has 3 amide bonds. The number of carbonyl (C=O) groups excluding carboxylic acids is 3. The minimum atomic E-state index is -1.90. The van der Waals surface area contributed by atoms with Crippen molar-refractivity contribution >= 4 is 17.7 Å². The van der Waals surface area contributed by atoms with Crippen molar-refractivity contribution in [2.75, 3.05) is 19.8 Å². The van der Waals surface area contributed by atoms with Crippen LogP contribution in [0.15, 0.2) is 142 Å². The molecule has 74 heavy (non-hydrogen) atoms. The Kier molecular flexibility index (Phi) is 20.0. The van der Waals surface area contributed by atoms with Crippen LogP contribution in [0, 0.1) is 0 Å². The maximum Gasteiger partial charge on any atom is 0.272 e. The number of aliphatic hydroxyl groups is 3. The first-order valence-electron chi connectivity index (χ1n) is 24.6. The van der Waals surface area contributed by atoms with Gasteiger partial charge in [0.1, 0.15) is 19.8 Å². The van der Waals surface area contributed by atoms with E-state index in [1.54, 1.807) is 93.6 Å². The van der Waals surface area contributed by atoms with Crippen molar-refractivity contribution in [1.82, 2.24) is 29.7 Å². The predicted molar refractivity (Wildman–Crippen MR) is 277 cm³/mol. The third-order valence-corrected chi connectivity index (χ3v) is 12.7. The van der Waals surface area contributed by atoms with E-state index in [0.717, 1.165) is 0 Å². The largest absolute Gasteiger partial charge is 0.483 e. The van der Waals surface area contributed by atoms with E-state index in [1.165, 1.54) is 50.5 Å². The second-order valence-corrected chi connectivity index (χ2v) is 17.4. The highest BCUT2D eigenvalue weighted by Gasteiger charge is 2.49. The van der Waals surface area contributed by atoms with Crippen LogP contribution in [-0.2, 0) is 39.5 Å². The van der Waals surface area contributed by atoms with E-state index in [-0.39, 0.29) is 93.0 Å². The topological polar surface area (TPSA) is 268 Å². The number of hydrogen-bond donors (Lipinski definition) is 7. The lowest BCUT2D eigenvalue weighted by molar-refractivity contribution is 0.0751.